The number of ether oxygens (including phenoxy) is 2. The summed E-state index contributed by atoms with van der Waals surface area (Å²) >= 11 is 0. The van der Waals surface area contributed by atoms with Crippen molar-refractivity contribution in [3.8, 4) is 11.8 Å². The van der Waals surface area contributed by atoms with Crippen molar-refractivity contribution in [2.45, 2.75) is 12.8 Å². The molecule has 0 amide bonds. The van der Waals surface area contributed by atoms with Crippen LogP contribution >= 0.6 is 0 Å². The molecule has 0 aliphatic carbocycles. The molecule has 0 spiro atoms. The summed E-state index contributed by atoms with van der Waals surface area (Å²) in [5.41, 5.74) is 1.54. The van der Waals surface area contributed by atoms with Gasteiger partial charge in [0.25, 0.3) is 0 Å². The number of benzene rings is 1. The fraction of sp³-hybridized carbons (Fsp3) is 0.500. The minimum atomic E-state index is 0.555. The summed E-state index contributed by atoms with van der Waals surface area (Å²) in [7, 11) is 1.62. The van der Waals surface area contributed by atoms with Crippen molar-refractivity contribution in [3.05, 3.63) is 23.8 Å². The zero-order chi connectivity index (χ0) is 12.8. The Kier molecular flexibility index (Phi) is 4.43. The van der Waals surface area contributed by atoms with Gasteiger partial charge in [-0.05, 0) is 30.9 Å². The molecule has 1 aromatic rings. The van der Waals surface area contributed by atoms with Gasteiger partial charge in [0.05, 0.1) is 31.0 Å². The Hall–Kier alpha value is -1.73. The highest BCUT2D eigenvalue weighted by Crippen LogP contribution is 2.26. The molecule has 0 aromatic heterocycles. The largest absolute Gasteiger partial charge is 0.495 e. The minimum absolute atomic E-state index is 0.555. The third kappa shape index (κ3) is 3.14. The maximum Gasteiger partial charge on any atom is 0.143 e. The number of rotatable bonds is 4. The van der Waals surface area contributed by atoms with Gasteiger partial charge in [0.1, 0.15) is 5.75 Å². The Morgan fingerprint density at radius 2 is 2.44 bits per heavy atom. The molecule has 0 bridgehead atoms. The van der Waals surface area contributed by atoms with Crippen molar-refractivity contribution in [3.63, 3.8) is 0 Å². The van der Waals surface area contributed by atoms with Crippen LogP contribution in [0, 0.1) is 17.2 Å². The molecule has 1 aliphatic heterocycles. The molecule has 1 heterocycles. The second-order valence-corrected chi connectivity index (χ2v) is 4.49. The first-order valence-corrected chi connectivity index (χ1v) is 6.23. The topological polar surface area (TPSA) is 54.3 Å². The molecule has 96 valence electrons. The molecule has 1 aromatic carbocycles. The lowest BCUT2D eigenvalue weighted by Gasteiger charge is -2.23. The number of anilines is 1. The summed E-state index contributed by atoms with van der Waals surface area (Å²) in [5, 5.41) is 12.2. The fourth-order valence-electron chi connectivity index (χ4n) is 2.13. The van der Waals surface area contributed by atoms with Crippen molar-refractivity contribution in [2.24, 2.45) is 5.92 Å². The highest BCUT2D eigenvalue weighted by atomic mass is 16.5. The summed E-state index contributed by atoms with van der Waals surface area (Å²) in [4.78, 5) is 0. The first-order valence-electron chi connectivity index (χ1n) is 6.23. The fourth-order valence-corrected chi connectivity index (χ4v) is 2.13. The molecule has 0 saturated carbocycles. The highest BCUT2D eigenvalue weighted by Gasteiger charge is 2.14. The molecule has 1 unspecified atom stereocenters. The maximum atomic E-state index is 8.84. The van der Waals surface area contributed by atoms with Crippen molar-refractivity contribution in [1.29, 1.82) is 5.26 Å². The zero-order valence-corrected chi connectivity index (χ0v) is 10.6. The van der Waals surface area contributed by atoms with Crippen LogP contribution in [0.25, 0.3) is 0 Å². The van der Waals surface area contributed by atoms with Crippen molar-refractivity contribution in [1.82, 2.24) is 0 Å². The van der Waals surface area contributed by atoms with E-state index in [0.29, 0.717) is 17.2 Å². The SMILES string of the molecule is COc1cc(C#N)ccc1NCC1CCCOC1. The first-order chi connectivity index (χ1) is 8.83. The lowest BCUT2D eigenvalue weighted by molar-refractivity contribution is 0.0595. The monoisotopic (exact) mass is 246 g/mol. The molecule has 1 aliphatic rings. The van der Waals surface area contributed by atoms with E-state index in [0.717, 1.165) is 31.9 Å². The number of nitrogens with zero attached hydrogens (tertiary/aromatic N) is 1. The predicted octanol–water partition coefficient (Wildman–Crippen LogP) is 2.41. The summed E-state index contributed by atoms with van der Waals surface area (Å²) in [5.74, 6) is 1.27. The van der Waals surface area contributed by atoms with Crippen LogP contribution in [0.5, 0.6) is 5.75 Å². The van der Waals surface area contributed by atoms with E-state index in [1.165, 1.54) is 6.42 Å². The highest BCUT2D eigenvalue weighted by molar-refractivity contribution is 5.59. The first kappa shape index (κ1) is 12.7. The molecule has 1 N–H and O–H groups in total. The van der Waals surface area contributed by atoms with Gasteiger partial charge in [-0.3, -0.25) is 0 Å². The van der Waals surface area contributed by atoms with Gasteiger partial charge in [-0.15, -0.1) is 0 Å². The molecule has 1 atom stereocenters. The van der Waals surface area contributed by atoms with E-state index < -0.39 is 0 Å². The van der Waals surface area contributed by atoms with E-state index in [1.807, 2.05) is 6.07 Å². The van der Waals surface area contributed by atoms with E-state index in [9.17, 15) is 0 Å². The molecule has 4 heteroatoms. The molecule has 1 fully saturated rings. The number of methoxy groups -OCH3 is 1. The minimum Gasteiger partial charge on any atom is -0.495 e. The van der Waals surface area contributed by atoms with E-state index in [2.05, 4.69) is 11.4 Å². The van der Waals surface area contributed by atoms with Gasteiger partial charge in [0.2, 0.25) is 0 Å². The second-order valence-electron chi connectivity index (χ2n) is 4.49. The lowest BCUT2D eigenvalue weighted by Crippen LogP contribution is -2.24. The van der Waals surface area contributed by atoms with E-state index in [1.54, 1.807) is 19.2 Å². The molecule has 4 nitrogen and oxygen atoms in total. The Balaban J connectivity index is 1.98. The van der Waals surface area contributed by atoms with Gasteiger partial charge in [-0.25, -0.2) is 0 Å². The number of hydrogen-bond donors (Lipinski definition) is 1. The van der Waals surface area contributed by atoms with E-state index in [4.69, 9.17) is 14.7 Å². The standard InChI is InChI=1S/C14H18N2O2/c1-17-14-7-11(8-15)4-5-13(14)16-9-12-3-2-6-18-10-12/h4-5,7,12,16H,2-3,6,9-10H2,1H3. The summed E-state index contributed by atoms with van der Waals surface area (Å²) < 4.78 is 10.7. The van der Waals surface area contributed by atoms with Crippen molar-refractivity contribution >= 4 is 5.69 Å². The van der Waals surface area contributed by atoms with Crippen LogP contribution < -0.4 is 10.1 Å². The van der Waals surface area contributed by atoms with Crippen molar-refractivity contribution < 1.29 is 9.47 Å². The number of hydrogen-bond acceptors (Lipinski definition) is 4. The van der Waals surface area contributed by atoms with Gasteiger partial charge >= 0.3 is 0 Å². The Labute approximate surface area is 108 Å². The van der Waals surface area contributed by atoms with Gasteiger partial charge in [0, 0.05) is 19.2 Å². The van der Waals surface area contributed by atoms with Crippen LogP contribution in [0.1, 0.15) is 18.4 Å². The quantitative estimate of drug-likeness (QED) is 0.886. The van der Waals surface area contributed by atoms with Gasteiger partial charge < -0.3 is 14.8 Å². The molecular formula is C14H18N2O2. The predicted molar refractivity (Wildman–Crippen MR) is 69.7 cm³/mol. The number of nitriles is 1. The van der Waals surface area contributed by atoms with Gasteiger partial charge in [-0.1, -0.05) is 0 Å². The normalized spacial score (nSPS) is 19.0. The van der Waals surface area contributed by atoms with Gasteiger partial charge in [-0.2, -0.15) is 5.26 Å². The Morgan fingerprint density at radius 3 is 3.11 bits per heavy atom. The van der Waals surface area contributed by atoms with Crippen LogP contribution in [0.3, 0.4) is 0 Å². The van der Waals surface area contributed by atoms with Crippen LogP contribution in [0.15, 0.2) is 18.2 Å². The van der Waals surface area contributed by atoms with Crippen LogP contribution in [0.2, 0.25) is 0 Å². The average Bonchev–Trinajstić information content (AvgIpc) is 2.46. The summed E-state index contributed by atoms with van der Waals surface area (Å²) in [6.07, 6.45) is 2.34. The maximum absolute atomic E-state index is 8.84. The second kappa shape index (κ2) is 6.27. The van der Waals surface area contributed by atoms with E-state index in [-0.39, 0.29) is 0 Å². The summed E-state index contributed by atoms with van der Waals surface area (Å²) in [6, 6.07) is 7.54. The number of nitrogens with one attached hydrogen (secondary N) is 1. The lowest BCUT2D eigenvalue weighted by atomic mass is 10.0. The average molecular weight is 246 g/mol. The molecule has 1 saturated heterocycles. The molecule has 0 radical (unpaired) electrons. The Bertz CT molecular complexity index is 434. The zero-order valence-electron chi connectivity index (χ0n) is 10.6. The van der Waals surface area contributed by atoms with Crippen LogP contribution in [0.4, 0.5) is 5.69 Å². The molecular weight excluding hydrogens is 228 g/mol. The summed E-state index contributed by atoms with van der Waals surface area (Å²) in [6.45, 7) is 2.59. The Morgan fingerprint density at radius 1 is 1.56 bits per heavy atom. The van der Waals surface area contributed by atoms with Crippen LogP contribution in [-0.4, -0.2) is 26.9 Å². The third-order valence-corrected chi connectivity index (χ3v) is 3.17. The molecule has 2 rings (SSSR count). The molecule has 18 heavy (non-hydrogen) atoms. The van der Waals surface area contributed by atoms with Crippen LogP contribution in [-0.2, 0) is 4.74 Å². The van der Waals surface area contributed by atoms with Gasteiger partial charge in [0.15, 0.2) is 0 Å². The van der Waals surface area contributed by atoms with Crippen molar-refractivity contribution in [2.75, 3.05) is 32.2 Å². The third-order valence-electron chi connectivity index (χ3n) is 3.17. The van der Waals surface area contributed by atoms with E-state index >= 15 is 0 Å². The smallest absolute Gasteiger partial charge is 0.143 e.